The number of thiophene rings is 1. The molecular formula is C26H26N4O2S. The fourth-order valence-electron chi connectivity index (χ4n) is 3.75. The van der Waals surface area contributed by atoms with Gasteiger partial charge in [-0.05, 0) is 43.0 Å². The van der Waals surface area contributed by atoms with Crippen LogP contribution in [0.1, 0.15) is 32.2 Å². The lowest BCUT2D eigenvalue weighted by molar-refractivity contribution is -0.123. The number of para-hydroxylation sites is 1. The maximum atomic E-state index is 13.2. The summed E-state index contributed by atoms with van der Waals surface area (Å²) < 4.78 is 1.89. The Morgan fingerprint density at radius 3 is 2.33 bits per heavy atom. The van der Waals surface area contributed by atoms with Gasteiger partial charge in [0.2, 0.25) is 5.91 Å². The van der Waals surface area contributed by atoms with Crippen molar-refractivity contribution in [2.24, 2.45) is 0 Å². The van der Waals surface area contributed by atoms with E-state index in [0.717, 1.165) is 28.2 Å². The maximum Gasteiger partial charge on any atom is 0.262 e. The van der Waals surface area contributed by atoms with Crippen LogP contribution in [0.2, 0.25) is 0 Å². The molecule has 0 aliphatic carbocycles. The molecule has 1 atom stereocenters. The zero-order valence-corrected chi connectivity index (χ0v) is 19.4. The van der Waals surface area contributed by atoms with Gasteiger partial charge in [0.05, 0.1) is 16.3 Å². The third kappa shape index (κ3) is 5.38. The quantitative estimate of drug-likeness (QED) is 0.415. The first-order valence-electron chi connectivity index (χ1n) is 10.8. The van der Waals surface area contributed by atoms with Crippen molar-refractivity contribution in [1.29, 1.82) is 0 Å². The van der Waals surface area contributed by atoms with Gasteiger partial charge in [-0.2, -0.15) is 5.10 Å². The average Bonchev–Trinajstić information content (AvgIpc) is 3.47. The SMILES string of the molecule is Cc1nn(-c2ccccc2)c(C)c1CNC(=O)[C@H](Cc1ccccc1)NC(=O)c1cccs1. The first-order chi connectivity index (χ1) is 16.0. The zero-order chi connectivity index (χ0) is 23.2. The molecule has 0 saturated carbocycles. The van der Waals surface area contributed by atoms with E-state index >= 15 is 0 Å². The van der Waals surface area contributed by atoms with Gasteiger partial charge >= 0.3 is 0 Å². The van der Waals surface area contributed by atoms with Crippen LogP contribution in [-0.4, -0.2) is 27.6 Å². The number of carbonyl (C=O) groups excluding carboxylic acids is 2. The smallest absolute Gasteiger partial charge is 0.262 e. The monoisotopic (exact) mass is 458 g/mol. The Morgan fingerprint density at radius 1 is 0.970 bits per heavy atom. The molecule has 2 amide bonds. The zero-order valence-electron chi connectivity index (χ0n) is 18.6. The summed E-state index contributed by atoms with van der Waals surface area (Å²) in [6.07, 6.45) is 0.408. The van der Waals surface area contributed by atoms with E-state index in [1.165, 1.54) is 11.3 Å². The van der Waals surface area contributed by atoms with Crippen LogP contribution in [0.3, 0.4) is 0 Å². The Morgan fingerprint density at radius 2 is 1.67 bits per heavy atom. The van der Waals surface area contributed by atoms with Crippen LogP contribution in [0.25, 0.3) is 5.69 Å². The lowest BCUT2D eigenvalue weighted by Gasteiger charge is -2.18. The van der Waals surface area contributed by atoms with Crippen LogP contribution in [0.5, 0.6) is 0 Å². The average molecular weight is 459 g/mol. The summed E-state index contributed by atoms with van der Waals surface area (Å²) in [5.41, 5.74) is 4.75. The number of nitrogens with one attached hydrogen (secondary N) is 2. The van der Waals surface area contributed by atoms with Crippen molar-refractivity contribution in [1.82, 2.24) is 20.4 Å². The minimum Gasteiger partial charge on any atom is -0.350 e. The minimum atomic E-state index is -0.688. The molecule has 0 aliphatic heterocycles. The molecule has 0 saturated heterocycles. The number of aromatic nitrogens is 2. The Bertz CT molecular complexity index is 1220. The molecule has 2 aromatic carbocycles. The molecule has 2 heterocycles. The van der Waals surface area contributed by atoms with Crippen molar-refractivity contribution in [3.63, 3.8) is 0 Å². The van der Waals surface area contributed by atoms with Gasteiger partial charge in [-0.3, -0.25) is 9.59 Å². The summed E-state index contributed by atoms with van der Waals surface area (Å²) in [5, 5.41) is 12.4. The highest BCUT2D eigenvalue weighted by atomic mass is 32.1. The molecule has 0 spiro atoms. The third-order valence-corrected chi connectivity index (χ3v) is 6.40. The largest absolute Gasteiger partial charge is 0.350 e. The second kappa shape index (κ2) is 10.3. The van der Waals surface area contributed by atoms with Gasteiger partial charge in [0.1, 0.15) is 6.04 Å². The van der Waals surface area contributed by atoms with E-state index < -0.39 is 6.04 Å². The van der Waals surface area contributed by atoms with Crippen LogP contribution >= 0.6 is 11.3 Å². The lowest BCUT2D eigenvalue weighted by atomic mass is 10.0. The summed E-state index contributed by atoms with van der Waals surface area (Å²) in [7, 11) is 0. The number of amides is 2. The maximum absolute atomic E-state index is 13.2. The van der Waals surface area contributed by atoms with Crippen LogP contribution in [0.15, 0.2) is 78.2 Å². The molecule has 6 nitrogen and oxygen atoms in total. The highest BCUT2D eigenvalue weighted by Crippen LogP contribution is 2.18. The fraction of sp³-hybridized carbons (Fsp3) is 0.192. The molecule has 0 radical (unpaired) electrons. The topological polar surface area (TPSA) is 76.0 Å². The second-order valence-corrected chi connectivity index (χ2v) is 8.76. The van der Waals surface area contributed by atoms with E-state index in [4.69, 9.17) is 0 Å². The summed E-state index contributed by atoms with van der Waals surface area (Å²) in [4.78, 5) is 26.4. The van der Waals surface area contributed by atoms with Crippen LogP contribution in [0, 0.1) is 13.8 Å². The molecule has 7 heteroatoms. The van der Waals surface area contributed by atoms with E-state index in [1.54, 1.807) is 6.07 Å². The summed E-state index contributed by atoms with van der Waals surface area (Å²) in [5.74, 6) is -0.472. The van der Waals surface area contributed by atoms with Gasteiger partial charge in [-0.25, -0.2) is 4.68 Å². The van der Waals surface area contributed by atoms with Gasteiger partial charge in [-0.15, -0.1) is 11.3 Å². The van der Waals surface area contributed by atoms with Crippen molar-refractivity contribution >= 4 is 23.2 Å². The van der Waals surface area contributed by atoms with Crippen LogP contribution in [0.4, 0.5) is 0 Å². The van der Waals surface area contributed by atoms with E-state index in [-0.39, 0.29) is 11.8 Å². The first kappa shape index (κ1) is 22.5. The van der Waals surface area contributed by atoms with Crippen molar-refractivity contribution < 1.29 is 9.59 Å². The molecule has 0 unspecified atom stereocenters. The Hall–Kier alpha value is -3.71. The number of hydrogen-bond acceptors (Lipinski definition) is 4. The first-order valence-corrected chi connectivity index (χ1v) is 11.7. The Labute approximate surface area is 197 Å². The van der Waals surface area contributed by atoms with E-state index in [0.29, 0.717) is 17.8 Å². The minimum absolute atomic E-state index is 0.227. The number of aryl methyl sites for hydroxylation is 1. The highest BCUT2D eigenvalue weighted by molar-refractivity contribution is 7.12. The summed E-state index contributed by atoms with van der Waals surface area (Å²) in [6, 6.07) is 22.5. The number of hydrogen-bond donors (Lipinski definition) is 2. The van der Waals surface area contributed by atoms with Gasteiger partial charge in [0.15, 0.2) is 0 Å². The summed E-state index contributed by atoms with van der Waals surface area (Å²) in [6.45, 7) is 4.27. The molecule has 168 valence electrons. The number of carbonyl (C=O) groups is 2. The molecular weight excluding hydrogens is 432 g/mol. The molecule has 0 bridgehead atoms. The normalized spacial score (nSPS) is 11.7. The molecule has 2 aromatic heterocycles. The van der Waals surface area contributed by atoms with Gasteiger partial charge in [0, 0.05) is 24.2 Å². The molecule has 33 heavy (non-hydrogen) atoms. The molecule has 4 rings (SSSR count). The standard InChI is InChI=1S/C26H26N4O2S/c1-18-22(19(2)30(29-18)21-12-7-4-8-13-21)17-27-25(31)23(16-20-10-5-3-6-11-20)28-26(32)24-14-9-15-33-24/h3-15,23H,16-17H2,1-2H3,(H,27,31)(H,28,32)/t23-/m0/s1. The van der Waals surface area contributed by atoms with E-state index in [9.17, 15) is 9.59 Å². The predicted molar refractivity (Wildman–Crippen MR) is 131 cm³/mol. The van der Waals surface area contributed by atoms with Crippen molar-refractivity contribution in [3.8, 4) is 5.69 Å². The molecule has 0 fully saturated rings. The van der Waals surface area contributed by atoms with Crippen LogP contribution in [-0.2, 0) is 17.8 Å². The third-order valence-electron chi connectivity index (χ3n) is 5.53. The van der Waals surface area contributed by atoms with Gasteiger partial charge in [-0.1, -0.05) is 54.6 Å². The van der Waals surface area contributed by atoms with Gasteiger partial charge in [0.25, 0.3) is 5.91 Å². The van der Waals surface area contributed by atoms with Gasteiger partial charge < -0.3 is 10.6 Å². The van der Waals surface area contributed by atoms with Crippen LogP contribution < -0.4 is 10.6 Å². The van der Waals surface area contributed by atoms with Crippen molar-refractivity contribution in [3.05, 3.63) is 106 Å². The summed E-state index contributed by atoms with van der Waals surface area (Å²) >= 11 is 1.35. The fourth-order valence-corrected chi connectivity index (χ4v) is 4.37. The second-order valence-electron chi connectivity index (χ2n) is 7.81. The van der Waals surface area contributed by atoms with Crippen molar-refractivity contribution in [2.75, 3.05) is 0 Å². The number of benzene rings is 2. The number of nitrogens with zero attached hydrogens (tertiary/aromatic N) is 2. The highest BCUT2D eigenvalue weighted by Gasteiger charge is 2.23. The predicted octanol–water partition coefficient (Wildman–Crippen LogP) is 4.21. The Kier molecular flexibility index (Phi) is 7.00. The Balaban J connectivity index is 1.50. The molecule has 4 aromatic rings. The molecule has 2 N–H and O–H groups in total. The number of rotatable bonds is 8. The van der Waals surface area contributed by atoms with E-state index in [2.05, 4.69) is 15.7 Å². The van der Waals surface area contributed by atoms with E-state index in [1.807, 2.05) is 90.6 Å². The molecule has 0 aliphatic rings. The van der Waals surface area contributed by atoms with Crippen molar-refractivity contribution in [2.45, 2.75) is 32.9 Å². The lowest BCUT2D eigenvalue weighted by Crippen LogP contribution is -2.47.